The number of aryl methyl sites for hydroxylation is 1. The Bertz CT molecular complexity index is 1280. The summed E-state index contributed by atoms with van der Waals surface area (Å²) in [5, 5.41) is 0. The number of carbonyl (C=O) groups is 1. The number of piperidine rings is 1. The third kappa shape index (κ3) is 4.35. The minimum Gasteiger partial charge on any atom is -0.369 e. The van der Waals surface area contributed by atoms with Gasteiger partial charge in [0.15, 0.2) is 5.82 Å². The van der Waals surface area contributed by atoms with Crippen LogP contribution in [0.5, 0.6) is 0 Å². The van der Waals surface area contributed by atoms with Crippen molar-refractivity contribution in [2.24, 2.45) is 17.6 Å². The molecule has 1 atom stereocenters. The normalized spacial score (nSPS) is 23.4. The minimum absolute atomic E-state index is 0.0607. The topological polar surface area (TPSA) is 99.8 Å². The maximum Gasteiger partial charge on any atom is 0.327 e. The van der Waals surface area contributed by atoms with Crippen molar-refractivity contribution in [1.82, 2.24) is 9.88 Å². The number of alkyl halides is 2. The predicted octanol–water partition coefficient (Wildman–Crippen LogP) is 2.91. The summed E-state index contributed by atoms with van der Waals surface area (Å²) in [4.78, 5) is 18.4. The number of benzene rings is 1. The molecule has 5 rings (SSSR count). The molecule has 35 heavy (non-hydrogen) atoms. The fourth-order valence-electron chi connectivity index (χ4n) is 4.94. The molecule has 1 amide bonds. The van der Waals surface area contributed by atoms with Crippen LogP contribution in [0.2, 0.25) is 0 Å². The summed E-state index contributed by atoms with van der Waals surface area (Å²) in [5.74, 6) is -3.83. The van der Waals surface area contributed by atoms with Crippen molar-refractivity contribution in [3.8, 4) is 11.3 Å². The van der Waals surface area contributed by atoms with E-state index in [9.17, 15) is 22.0 Å². The Morgan fingerprint density at radius 3 is 2.51 bits per heavy atom. The molecule has 1 aliphatic carbocycles. The van der Waals surface area contributed by atoms with E-state index in [1.165, 1.54) is 7.05 Å². The van der Waals surface area contributed by atoms with Crippen LogP contribution in [0.15, 0.2) is 30.3 Å². The highest BCUT2D eigenvalue weighted by molar-refractivity contribution is 7.94. The highest BCUT2D eigenvalue weighted by atomic mass is 32.2. The second kappa shape index (κ2) is 8.41. The summed E-state index contributed by atoms with van der Waals surface area (Å²) in [6, 6.07) is 9.52. The SMILES string of the molecule is Cc1ccc(CN2CCC(C(N)=O)CC2)cc1-c1ccc2c(n1)N(C)S(=O)(=O)N2CC1CC1(F)F. The van der Waals surface area contributed by atoms with Crippen LogP contribution < -0.4 is 14.3 Å². The molecule has 11 heteroatoms. The number of primary amides is 1. The molecule has 1 aromatic heterocycles. The highest BCUT2D eigenvalue weighted by Gasteiger charge is 2.59. The number of rotatable bonds is 6. The van der Waals surface area contributed by atoms with E-state index in [0.717, 1.165) is 57.8 Å². The van der Waals surface area contributed by atoms with Gasteiger partial charge in [0.25, 0.3) is 5.92 Å². The van der Waals surface area contributed by atoms with Gasteiger partial charge in [-0.3, -0.25) is 9.69 Å². The van der Waals surface area contributed by atoms with Gasteiger partial charge in [-0.2, -0.15) is 8.42 Å². The smallest absolute Gasteiger partial charge is 0.327 e. The molecule has 188 valence electrons. The summed E-state index contributed by atoms with van der Waals surface area (Å²) in [5.41, 5.74) is 9.35. The summed E-state index contributed by atoms with van der Waals surface area (Å²) < 4.78 is 54.9. The number of hydrogen-bond acceptors (Lipinski definition) is 5. The molecule has 3 aliphatic rings. The maximum atomic E-state index is 13.5. The van der Waals surface area contributed by atoms with Crippen molar-refractivity contribution in [3.63, 3.8) is 0 Å². The van der Waals surface area contributed by atoms with Crippen LogP contribution in [0.25, 0.3) is 11.3 Å². The molecule has 3 heterocycles. The first-order valence-electron chi connectivity index (χ1n) is 11.7. The van der Waals surface area contributed by atoms with Gasteiger partial charge < -0.3 is 5.73 Å². The van der Waals surface area contributed by atoms with E-state index in [0.29, 0.717) is 11.4 Å². The van der Waals surface area contributed by atoms with Gasteiger partial charge in [0.05, 0.1) is 11.4 Å². The number of nitrogens with zero attached hydrogens (tertiary/aromatic N) is 4. The van der Waals surface area contributed by atoms with Gasteiger partial charge in [-0.05, 0) is 62.2 Å². The molecule has 0 radical (unpaired) electrons. The Balaban J connectivity index is 1.39. The predicted molar refractivity (Wildman–Crippen MR) is 129 cm³/mol. The third-order valence-corrected chi connectivity index (χ3v) is 9.13. The molecule has 0 spiro atoms. The van der Waals surface area contributed by atoms with Gasteiger partial charge in [-0.15, -0.1) is 0 Å². The zero-order valence-corrected chi connectivity index (χ0v) is 20.6. The van der Waals surface area contributed by atoms with Gasteiger partial charge in [-0.25, -0.2) is 22.4 Å². The zero-order chi connectivity index (χ0) is 25.1. The molecular formula is C24H29F2N5O3S. The number of carbonyl (C=O) groups excluding carboxylic acids is 1. The van der Waals surface area contributed by atoms with E-state index >= 15 is 0 Å². The van der Waals surface area contributed by atoms with Gasteiger partial charge in [0, 0.05) is 44.0 Å². The van der Waals surface area contributed by atoms with E-state index < -0.39 is 22.0 Å². The lowest BCUT2D eigenvalue weighted by Crippen LogP contribution is -2.38. The van der Waals surface area contributed by atoms with Gasteiger partial charge in [-0.1, -0.05) is 12.1 Å². The van der Waals surface area contributed by atoms with Crippen molar-refractivity contribution >= 4 is 27.6 Å². The Kier molecular flexibility index (Phi) is 5.75. The number of halogens is 2. The standard InChI is InChI=1S/C24H29F2N5O3S/c1-15-3-4-16(13-30-9-7-17(8-10-30)22(27)32)11-19(15)20-5-6-21-23(28-20)29(2)35(33,34)31(21)14-18-12-24(18,25)26/h3-6,11,17-18H,7-10,12-14H2,1-2H3,(H2,27,32). The lowest BCUT2D eigenvalue weighted by Gasteiger charge is -2.30. The number of nitrogens with two attached hydrogens (primary N) is 1. The molecule has 2 N–H and O–H groups in total. The molecule has 1 saturated carbocycles. The quantitative estimate of drug-likeness (QED) is 0.651. The Morgan fingerprint density at radius 2 is 1.89 bits per heavy atom. The summed E-state index contributed by atoms with van der Waals surface area (Å²) >= 11 is 0. The summed E-state index contributed by atoms with van der Waals surface area (Å²) in [6.45, 7) is 4.03. The van der Waals surface area contributed by atoms with E-state index in [-0.39, 0.29) is 30.6 Å². The van der Waals surface area contributed by atoms with Gasteiger partial charge in [0.2, 0.25) is 5.91 Å². The van der Waals surface area contributed by atoms with Crippen molar-refractivity contribution < 1.29 is 22.0 Å². The van der Waals surface area contributed by atoms with Crippen molar-refractivity contribution in [2.45, 2.75) is 38.7 Å². The van der Waals surface area contributed by atoms with E-state index in [1.807, 2.05) is 13.0 Å². The fourth-order valence-corrected chi connectivity index (χ4v) is 6.34. The van der Waals surface area contributed by atoms with Crippen LogP contribution in [-0.2, 0) is 21.5 Å². The monoisotopic (exact) mass is 505 g/mol. The molecule has 2 fully saturated rings. The molecule has 1 aromatic carbocycles. The molecule has 2 aliphatic heterocycles. The van der Waals surface area contributed by atoms with Gasteiger partial charge in [0.1, 0.15) is 0 Å². The average molecular weight is 506 g/mol. The van der Waals surface area contributed by atoms with Crippen molar-refractivity contribution in [3.05, 3.63) is 41.5 Å². The minimum atomic E-state index is -3.95. The van der Waals surface area contributed by atoms with Crippen LogP contribution in [-0.4, -0.2) is 56.8 Å². The summed E-state index contributed by atoms with van der Waals surface area (Å²) in [7, 11) is -2.55. The maximum absolute atomic E-state index is 13.5. The first kappa shape index (κ1) is 23.9. The third-order valence-electron chi connectivity index (χ3n) is 7.36. The fraction of sp³-hybridized carbons (Fsp3) is 0.500. The Hall–Kier alpha value is -2.79. The lowest BCUT2D eigenvalue weighted by atomic mass is 9.95. The van der Waals surface area contributed by atoms with Crippen molar-refractivity contribution in [2.75, 3.05) is 35.3 Å². The largest absolute Gasteiger partial charge is 0.369 e. The van der Waals surface area contributed by atoms with Crippen LogP contribution in [0.3, 0.4) is 0 Å². The van der Waals surface area contributed by atoms with Crippen molar-refractivity contribution in [1.29, 1.82) is 0 Å². The van der Waals surface area contributed by atoms with Crippen LogP contribution in [0, 0.1) is 18.8 Å². The summed E-state index contributed by atoms with van der Waals surface area (Å²) in [6.07, 6.45) is 1.21. The van der Waals surface area contributed by atoms with Crippen LogP contribution >= 0.6 is 0 Å². The average Bonchev–Trinajstić information content (AvgIpc) is 3.38. The Morgan fingerprint density at radius 1 is 1.20 bits per heavy atom. The second-order valence-corrected chi connectivity index (χ2v) is 11.7. The second-order valence-electron chi connectivity index (χ2n) is 9.81. The lowest BCUT2D eigenvalue weighted by molar-refractivity contribution is -0.123. The molecule has 8 nitrogen and oxygen atoms in total. The van der Waals surface area contributed by atoms with Gasteiger partial charge >= 0.3 is 10.2 Å². The number of likely N-dealkylation sites (tertiary alicyclic amines) is 1. The highest BCUT2D eigenvalue weighted by Crippen LogP contribution is 2.51. The number of amides is 1. The van der Waals surface area contributed by atoms with E-state index in [1.54, 1.807) is 12.1 Å². The molecule has 1 unspecified atom stereocenters. The molecular weight excluding hydrogens is 476 g/mol. The first-order chi connectivity index (χ1) is 16.5. The zero-order valence-electron chi connectivity index (χ0n) is 19.7. The number of pyridine rings is 1. The molecule has 1 saturated heterocycles. The number of fused-ring (bicyclic) bond motifs is 1. The number of hydrogen-bond donors (Lipinski definition) is 1. The van der Waals surface area contributed by atoms with Crippen LogP contribution in [0.4, 0.5) is 20.3 Å². The number of anilines is 2. The van der Waals surface area contributed by atoms with Crippen LogP contribution in [0.1, 0.15) is 30.4 Å². The number of aromatic nitrogens is 1. The molecule has 0 bridgehead atoms. The molecule has 2 aromatic rings. The first-order valence-corrected chi connectivity index (χ1v) is 13.1. The van der Waals surface area contributed by atoms with E-state index in [4.69, 9.17) is 5.73 Å². The van der Waals surface area contributed by atoms with E-state index in [2.05, 4.69) is 22.0 Å². The Labute approximate surface area is 203 Å².